The van der Waals surface area contributed by atoms with Crippen molar-refractivity contribution in [2.24, 2.45) is 0 Å². The Hall–Kier alpha value is -1.79. The third-order valence-corrected chi connectivity index (χ3v) is 3.55. The molecular formula is C11H7ClN4OS. The number of halogens is 1. The predicted molar refractivity (Wildman–Crippen MR) is 70.0 cm³/mol. The van der Waals surface area contributed by atoms with Crippen molar-refractivity contribution in [1.29, 1.82) is 0 Å². The Labute approximate surface area is 111 Å². The molecule has 2 heterocycles. The van der Waals surface area contributed by atoms with Crippen LogP contribution in [0.25, 0.3) is 10.3 Å². The molecule has 0 aliphatic rings. The van der Waals surface area contributed by atoms with Crippen molar-refractivity contribution >= 4 is 33.5 Å². The maximum absolute atomic E-state index is 12.1. The van der Waals surface area contributed by atoms with Crippen LogP contribution in [-0.2, 0) is 6.54 Å². The molecule has 0 aliphatic carbocycles. The minimum Gasteiger partial charge on any atom is -0.293 e. The van der Waals surface area contributed by atoms with E-state index in [4.69, 9.17) is 11.6 Å². The van der Waals surface area contributed by atoms with E-state index >= 15 is 0 Å². The van der Waals surface area contributed by atoms with E-state index in [0.717, 1.165) is 17.1 Å². The lowest BCUT2D eigenvalue weighted by Gasteiger charge is -2.06. The molecule has 1 aromatic carbocycles. The van der Waals surface area contributed by atoms with Gasteiger partial charge in [0, 0.05) is 16.6 Å². The van der Waals surface area contributed by atoms with Gasteiger partial charge >= 0.3 is 0 Å². The molecule has 0 atom stereocenters. The van der Waals surface area contributed by atoms with Crippen LogP contribution in [0.15, 0.2) is 35.4 Å². The highest BCUT2D eigenvalue weighted by Crippen LogP contribution is 2.15. The maximum Gasteiger partial charge on any atom is 0.283 e. The minimum absolute atomic E-state index is 0.200. The molecule has 90 valence electrons. The topological polar surface area (TPSA) is 60.7 Å². The zero-order valence-corrected chi connectivity index (χ0v) is 10.6. The molecule has 0 saturated heterocycles. The number of hydrogen-bond donors (Lipinski definition) is 0. The number of fused-ring (bicyclic) bond motifs is 1. The van der Waals surface area contributed by atoms with Gasteiger partial charge in [-0.3, -0.25) is 9.36 Å². The van der Waals surface area contributed by atoms with E-state index in [1.807, 2.05) is 18.2 Å². The second kappa shape index (κ2) is 4.47. The molecule has 0 saturated carbocycles. The molecule has 2 aromatic heterocycles. The molecule has 3 aromatic rings. The largest absolute Gasteiger partial charge is 0.293 e. The summed E-state index contributed by atoms with van der Waals surface area (Å²) in [6.07, 6.45) is 1.49. The van der Waals surface area contributed by atoms with Crippen LogP contribution in [-0.4, -0.2) is 19.1 Å². The first-order chi connectivity index (χ1) is 8.75. The standard InChI is InChI=1S/C11H7ClN4OS/c12-8-4-2-1-3-7(8)5-16-6-13-10-9(11(16)17)14-15-18-10/h1-4,6H,5H2. The summed E-state index contributed by atoms with van der Waals surface area (Å²) in [5.74, 6) is 0. The van der Waals surface area contributed by atoms with Crippen LogP contribution in [0.5, 0.6) is 0 Å². The van der Waals surface area contributed by atoms with E-state index in [2.05, 4.69) is 14.6 Å². The van der Waals surface area contributed by atoms with Gasteiger partial charge in [-0.1, -0.05) is 34.3 Å². The molecule has 0 spiro atoms. The van der Waals surface area contributed by atoms with Gasteiger partial charge in [-0.05, 0) is 11.6 Å². The molecule has 5 nitrogen and oxygen atoms in total. The van der Waals surface area contributed by atoms with Crippen LogP contribution in [0.2, 0.25) is 5.02 Å². The SMILES string of the molecule is O=c1c2nnsc2ncn1Cc1ccccc1Cl. The molecule has 0 aliphatic heterocycles. The Morgan fingerprint density at radius 1 is 1.33 bits per heavy atom. The van der Waals surface area contributed by atoms with E-state index in [1.165, 1.54) is 10.9 Å². The normalized spacial score (nSPS) is 10.9. The lowest BCUT2D eigenvalue weighted by molar-refractivity contribution is 0.746. The highest BCUT2D eigenvalue weighted by molar-refractivity contribution is 7.12. The van der Waals surface area contributed by atoms with Crippen molar-refractivity contribution in [2.45, 2.75) is 6.54 Å². The Kier molecular flexibility index (Phi) is 2.81. The van der Waals surface area contributed by atoms with E-state index < -0.39 is 0 Å². The Bertz CT molecular complexity index is 767. The third kappa shape index (κ3) is 1.89. The van der Waals surface area contributed by atoms with Gasteiger partial charge in [0.25, 0.3) is 5.56 Å². The zero-order chi connectivity index (χ0) is 12.5. The summed E-state index contributed by atoms with van der Waals surface area (Å²) in [5.41, 5.74) is 0.967. The summed E-state index contributed by atoms with van der Waals surface area (Å²) in [6, 6.07) is 7.39. The smallest absolute Gasteiger partial charge is 0.283 e. The fraction of sp³-hybridized carbons (Fsp3) is 0.0909. The number of aromatic nitrogens is 4. The molecule has 0 amide bonds. The van der Waals surface area contributed by atoms with Crippen molar-refractivity contribution in [1.82, 2.24) is 19.1 Å². The van der Waals surface area contributed by atoms with Gasteiger partial charge in [-0.15, -0.1) is 5.10 Å². The summed E-state index contributed by atoms with van der Waals surface area (Å²) >= 11 is 7.17. The highest BCUT2D eigenvalue weighted by atomic mass is 35.5. The molecule has 0 fully saturated rings. The first-order valence-electron chi connectivity index (χ1n) is 5.16. The first kappa shape index (κ1) is 11.3. The number of nitrogens with zero attached hydrogens (tertiary/aromatic N) is 4. The van der Waals surface area contributed by atoms with Gasteiger partial charge in [0.05, 0.1) is 12.9 Å². The zero-order valence-electron chi connectivity index (χ0n) is 9.08. The monoisotopic (exact) mass is 278 g/mol. The van der Waals surface area contributed by atoms with Gasteiger partial charge in [0.1, 0.15) is 0 Å². The summed E-state index contributed by atoms with van der Waals surface area (Å²) in [6.45, 7) is 0.374. The Balaban J connectivity index is 2.08. The fourth-order valence-corrected chi connectivity index (χ4v) is 2.34. The number of benzene rings is 1. The summed E-state index contributed by atoms with van der Waals surface area (Å²) < 4.78 is 5.19. The van der Waals surface area contributed by atoms with Crippen LogP contribution in [0.1, 0.15) is 5.56 Å². The van der Waals surface area contributed by atoms with Crippen molar-refractivity contribution in [2.75, 3.05) is 0 Å². The molecule has 7 heteroatoms. The summed E-state index contributed by atoms with van der Waals surface area (Å²) in [4.78, 5) is 16.8. The van der Waals surface area contributed by atoms with Crippen LogP contribution >= 0.6 is 23.1 Å². The van der Waals surface area contributed by atoms with E-state index in [1.54, 1.807) is 6.07 Å². The van der Waals surface area contributed by atoms with Crippen molar-refractivity contribution in [3.8, 4) is 0 Å². The Morgan fingerprint density at radius 3 is 3.00 bits per heavy atom. The van der Waals surface area contributed by atoms with Crippen molar-refractivity contribution < 1.29 is 0 Å². The average Bonchev–Trinajstić information content (AvgIpc) is 2.84. The average molecular weight is 279 g/mol. The molecule has 3 rings (SSSR count). The second-order valence-corrected chi connectivity index (χ2v) is 4.84. The molecule has 0 N–H and O–H groups in total. The lowest BCUT2D eigenvalue weighted by atomic mass is 10.2. The van der Waals surface area contributed by atoms with Crippen LogP contribution in [0, 0.1) is 0 Å². The fourth-order valence-electron chi connectivity index (χ4n) is 1.64. The highest BCUT2D eigenvalue weighted by Gasteiger charge is 2.09. The summed E-state index contributed by atoms with van der Waals surface area (Å²) in [5, 5.41) is 4.41. The van der Waals surface area contributed by atoms with E-state index in [-0.39, 0.29) is 5.56 Å². The molecule has 0 unspecified atom stereocenters. The minimum atomic E-state index is -0.200. The first-order valence-corrected chi connectivity index (χ1v) is 6.32. The van der Waals surface area contributed by atoms with Gasteiger partial charge in [-0.2, -0.15) is 0 Å². The lowest BCUT2D eigenvalue weighted by Crippen LogP contribution is -2.21. The maximum atomic E-state index is 12.1. The van der Waals surface area contributed by atoms with Gasteiger partial charge in [0.15, 0.2) is 10.3 Å². The summed E-state index contributed by atoms with van der Waals surface area (Å²) in [7, 11) is 0. The predicted octanol–water partition coefficient (Wildman–Crippen LogP) is 1.95. The van der Waals surface area contributed by atoms with Gasteiger partial charge < -0.3 is 0 Å². The van der Waals surface area contributed by atoms with Crippen LogP contribution < -0.4 is 5.56 Å². The van der Waals surface area contributed by atoms with Crippen molar-refractivity contribution in [3.63, 3.8) is 0 Å². The quantitative estimate of drug-likeness (QED) is 0.719. The third-order valence-electron chi connectivity index (χ3n) is 2.55. The molecule has 0 radical (unpaired) electrons. The van der Waals surface area contributed by atoms with E-state index in [9.17, 15) is 4.79 Å². The van der Waals surface area contributed by atoms with Crippen LogP contribution in [0.4, 0.5) is 0 Å². The van der Waals surface area contributed by atoms with Gasteiger partial charge in [0.2, 0.25) is 0 Å². The van der Waals surface area contributed by atoms with Gasteiger partial charge in [-0.25, -0.2) is 4.98 Å². The van der Waals surface area contributed by atoms with E-state index in [0.29, 0.717) is 21.9 Å². The van der Waals surface area contributed by atoms with Crippen molar-refractivity contribution in [3.05, 3.63) is 51.5 Å². The molecular weight excluding hydrogens is 272 g/mol. The van der Waals surface area contributed by atoms with Crippen LogP contribution in [0.3, 0.4) is 0 Å². The Morgan fingerprint density at radius 2 is 2.17 bits per heavy atom. The second-order valence-electron chi connectivity index (χ2n) is 3.70. The molecule has 18 heavy (non-hydrogen) atoms. The number of rotatable bonds is 2. The number of hydrogen-bond acceptors (Lipinski definition) is 5. The molecule has 0 bridgehead atoms.